The Hall–Kier alpha value is -2.17. The minimum absolute atomic E-state index is 0. The number of benzene rings is 2. The molecule has 1 N–H and O–H groups in total. The molecule has 156 valence electrons. The highest BCUT2D eigenvalue weighted by Crippen LogP contribution is 2.28. The summed E-state index contributed by atoms with van der Waals surface area (Å²) in [5, 5.41) is 2.92. The van der Waals surface area contributed by atoms with E-state index in [2.05, 4.69) is 31.5 Å². The van der Waals surface area contributed by atoms with Gasteiger partial charge in [0.1, 0.15) is 12.4 Å². The van der Waals surface area contributed by atoms with Crippen LogP contribution >= 0.6 is 0 Å². The second-order valence-corrected chi connectivity index (χ2v) is 8.30. The van der Waals surface area contributed by atoms with E-state index in [0.29, 0.717) is 6.04 Å². The molecule has 29 heavy (non-hydrogen) atoms. The number of carbonyl (C=O) groups is 1. The summed E-state index contributed by atoms with van der Waals surface area (Å²) in [6.07, 6.45) is 9.80. The van der Waals surface area contributed by atoms with Crippen molar-refractivity contribution in [3.63, 3.8) is 0 Å². The lowest BCUT2D eigenvalue weighted by atomic mass is 9.92. The van der Waals surface area contributed by atoms with Gasteiger partial charge < -0.3 is 22.2 Å². The molecule has 0 atom stereocenters. The normalized spacial score (nSPS) is 15.1. The van der Waals surface area contributed by atoms with E-state index >= 15 is 0 Å². The van der Waals surface area contributed by atoms with Crippen LogP contribution in [0.15, 0.2) is 54.6 Å². The Morgan fingerprint density at radius 3 is 2.48 bits per heavy atom. The van der Waals surface area contributed by atoms with Crippen LogP contribution in [0.2, 0.25) is 0 Å². The zero-order valence-corrected chi connectivity index (χ0v) is 18.0. The van der Waals surface area contributed by atoms with Crippen LogP contribution in [0.5, 0.6) is 0 Å². The number of quaternary nitrogens is 1. The number of anilines is 1. The van der Waals surface area contributed by atoms with Crippen LogP contribution in [-0.4, -0.2) is 30.5 Å². The maximum atomic E-state index is 12.9. The molecule has 3 nitrogen and oxygen atoms in total. The van der Waals surface area contributed by atoms with Crippen molar-refractivity contribution in [1.29, 1.82) is 0 Å². The highest BCUT2D eigenvalue weighted by Gasteiger charge is 2.29. The number of halogens is 2. The van der Waals surface area contributed by atoms with Crippen molar-refractivity contribution in [3.8, 4) is 0 Å². The Bertz CT molecular complexity index is 827. The predicted octanol–water partition coefficient (Wildman–Crippen LogP) is 2.39. The second kappa shape index (κ2) is 10.6. The summed E-state index contributed by atoms with van der Waals surface area (Å²) < 4.78 is 13.9. The summed E-state index contributed by atoms with van der Waals surface area (Å²) in [5.41, 5.74) is 2.82. The molecular formula is C24H30ClFN2O. The lowest BCUT2D eigenvalue weighted by molar-refractivity contribution is -0.929. The van der Waals surface area contributed by atoms with Gasteiger partial charge in [0.05, 0.1) is 20.1 Å². The minimum atomic E-state index is -0.284. The fraction of sp³-hybridized carbons (Fsp3) is 0.375. The van der Waals surface area contributed by atoms with Crippen molar-refractivity contribution in [2.75, 3.05) is 19.4 Å². The first-order valence-electron chi connectivity index (χ1n) is 10.1. The molecule has 1 aliphatic rings. The summed E-state index contributed by atoms with van der Waals surface area (Å²) in [5.74, 6) is -0.476. The number of hydrogen-bond donors (Lipinski definition) is 1. The number of rotatable bonds is 6. The molecule has 1 fully saturated rings. The lowest BCUT2D eigenvalue weighted by Gasteiger charge is -2.40. The van der Waals surface area contributed by atoms with Gasteiger partial charge in [-0.2, -0.15) is 0 Å². The molecule has 3 rings (SSSR count). The SMILES string of the molecule is C[N+](C)(Cc1cccc(NC(=O)/C=C/c2ccc(F)cc2)c1)C1CCCCC1.[Cl-]. The quantitative estimate of drug-likeness (QED) is 0.568. The van der Waals surface area contributed by atoms with Crippen molar-refractivity contribution in [3.05, 3.63) is 71.6 Å². The van der Waals surface area contributed by atoms with E-state index in [1.54, 1.807) is 18.2 Å². The number of hydrogen-bond acceptors (Lipinski definition) is 1. The Kier molecular flexibility index (Phi) is 8.42. The summed E-state index contributed by atoms with van der Waals surface area (Å²) in [7, 11) is 4.62. The third kappa shape index (κ3) is 6.98. The number of nitrogens with zero attached hydrogens (tertiary/aromatic N) is 1. The zero-order chi connectivity index (χ0) is 20.0. The molecular weight excluding hydrogens is 387 g/mol. The van der Waals surface area contributed by atoms with E-state index in [9.17, 15) is 9.18 Å². The van der Waals surface area contributed by atoms with Crippen LogP contribution in [0, 0.1) is 5.82 Å². The molecule has 0 aliphatic heterocycles. The number of carbonyl (C=O) groups excluding carboxylic acids is 1. The van der Waals surface area contributed by atoms with Crippen LogP contribution in [0.4, 0.5) is 10.1 Å². The van der Waals surface area contributed by atoms with Gasteiger partial charge in [0, 0.05) is 17.3 Å². The summed E-state index contributed by atoms with van der Waals surface area (Å²) in [4.78, 5) is 12.2. The van der Waals surface area contributed by atoms with Gasteiger partial charge in [0.15, 0.2) is 0 Å². The standard InChI is InChI=1S/C24H29FN2O.ClH/c1-27(2,23-9-4-3-5-10-23)18-20-7-6-8-22(17-20)26-24(28)16-13-19-11-14-21(25)15-12-19;/h6-8,11-17,23H,3-5,9-10,18H2,1-2H3;1H/b16-13+;. The predicted molar refractivity (Wildman–Crippen MR) is 113 cm³/mol. The average Bonchev–Trinajstić information content (AvgIpc) is 2.68. The molecule has 0 aromatic heterocycles. The molecule has 2 aromatic rings. The van der Waals surface area contributed by atoms with Crippen molar-refractivity contribution in [2.45, 2.75) is 44.7 Å². The van der Waals surface area contributed by atoms with E-state index in [0.717, 1.165) is 22.3 Å². The molecule has 0 saturated heterocycles. The molecule has 5 heteroatoms. The first-order chi connectivity index (χ1) is 13.4. The molecule has 1 saturated carbocycles. The van der Waals surface area contributed by atoms with Crippen molar-refractivity contribution in [2.24, 2.45) is 0 Å². The average molecular weight is 417 g/mol. The third-order valence-electron chi connectivity index (χ3n) is 5.64. The molecule has 1 amide bonds. The van der Waals surface area contributed by atoms with Crippen LogP contribution < -0.4 is 17.7 Å². The van der Waals surface area contributed by atoms with Gasteiger partial charge in [-0.3, -0.25) is 4.79 Å². The van der Waals surface area contributed by atoms with Crippen LogP contribution in [0.3, 0.4) is 0 Å². The second-order valence-electron chi connectivity index (χ2n) is 8.30. The maximum Gasteiger partial charge on any atom is 0.248 e. The fourth-order valence-electron chi connectivity index (χ4n) is 4.06. The molecule has 0 radical (unpaired) electrons. The molecule has 2 aromatic carbocycles. The fourth-order valence-corrected chi connectivity index (χ4v) is 4.06. The Morgan fingerprint density at radius 1 is 1.10 bits per heavy atom. The Labute approximate surface area is 179 Å². The molecule has 0 bridgehead atoms. The van der Waals surface area contributed by atoms with E-state index in [4.69, 9.17) is 0 Å². The monoisotopic (exact) mass is 416 g/mol. The van der Waals surface area contributed by atoms with E-state index in [1.165, 1.54) is 55.9 Å². The first kappa shape index (κ1) is 23.1. The zero-order valence-electron chi connectivity index (χ0n) is 17.2. The molecule has 0 spiro atoms. The molecule has 0 heterocycles. The van der Waals surface area contributed by atoms with Gasteiger partial charge in [-0.25, -0.2) is 4.39 Å². The Balaban J connectivity index is 0.00000300. The topological polar surface area (TPSA) is 29.1 Å². The number of nitrogens with one attached hydrogen (secondary N) is 1. The maximum absolute atomic E-state index is 12.9. The highest BCUT2D eigenvalue weighted by atomic mass is 35.5. The van der Waals surface area contributed by atoms with Crippen LogP contribution in [-0.2, 0) is 11.3 Å². The largest absolute Gasteiger partial charge is 1.00 e. The number of amides is 1. The van der Waals surface area contributed by atoms with E-state index < -0.39 is 0 Å². The van der Waals surface area contributed by atoms with Gasteiger partial charge >= 0.3 is 0 Å². The van der Waals surface area contributed by atoms with Gasteiger partial charge in [-0.1, -0.05) is 30.7 Å². The smallest absolute Gasteiger partial charge is 0.248 e. The Morgan fingerprint density at radius 2 is 1.79 bits per heavy atom. The van der Waals surface area contributed by atoms with Crippen LogP contribution in [0.1, 0.15) is 43.2 Å². The van der Waals surface area contributed by atoms with Gasteiger partial charge in [0.25, 0.3) is 0 Å². The van der Waals surface area contributed by atoms with E-state index in [1.807, 2.05) is 12.1 Å². The minimum Gasteiger partial charge on any atom is -1.00 e. The third-order valence-corrected chi connectivity index (χ3v) is 5.64. The highest BCUT2D eigenvalue weighted by molar-refractivity contribution is 6.01. The van der Waals surface area contributed by atoms with Gasteiger partial charge in [-0.15, -0.1) is 0 Å². The first-order valence-corrected chi connectivity index (χ1v) is 10.1. The summed E-state index contributed by atoms with van der Waals surface area (Å²) in [6.45, 7) is 0.958. The van der Waals surface area contributed by atoms with Gasteiger partial charge in [0.2, 0.25) is 5.91 Å². The van der Waals surface area contributed by atoms with Crippen LogP contribution in [0.25, 0.3) is 6.08 Å². The van der Waals surface area contributed by atoms with Crippen molar-refractivity contribution >= 4 is 17.7 Å². The van der Waals surface area contributed by atoms with Crippen molar-refractivity contribution < 1.29 is 26.1 Å². The molecule has 0 unspecified atom stereocenters. The van der Waals surface area contributed by atoms with Crippen molar-refractivity contribution in [1.82, 2.24) is 0 Å². The lowest BCUT2D eigenvalue weighted by Crippen LogP contribution is -3.00. The summed E-state index contributed by atoms with van der Waals surface area (Å²) in [6, 6.07) is 14.9. The molecule has 1 aliphatic carbocycles. The summed E-state index contributed by atoms with van der Waals surface area (Å²) >= 11 is 0. The van der Waals surface area contributed by atoms with E-state index in [-0.39, 0.29) is 24.1 Å². The van der Waals surface area contributed by atoms with Gasteiger partial charge in [-0.05, 0) is 61.6 Å².